The van der Waals surface area contributed by atoms with Crippen molar-refractivity contribution in [2.24, 2.45) is 4.99 Å². The van der Waals surface area contributed by atoms with E-state index < -0.39 is 0 Å². The van der Waals surface area contributed by atoms with Crippen LogP contribution in [0.5, 0.6) is 0 Å². The van der Waals surface area contributed by atoms with E-state index in [9.17, 15) is 0 Å². The van der Waals surface area contributed by atoms with Gasteiger partial charge in [-0.25, -0.2) is 9.67 Å². The Bertz CT molecular complexity index is 689. The van der Waals surface area contributed by atoms with Crippen LogP contribution < -0.4 is 10.6 Å². The number of benzene rings is 1. The Kier molecular flexibility index (Phi) is 8.49. The van der Waals surface area contributed by atoms with Crippen molar-refractivity contribution in [2.45, 2.75) is 45.3 Å². The van der Waals surface area contributed by atoms with Crippen LogP contribution in [0.1, 0.15) is 32.3 Å². The third-order valence-corrected chi connectivity index (χ3v) is 4.90. The number of rotatable bonds is 5. The maximum atomic E-state index is 4.37. The Morgan fingerprint density at radius 1 is 1.22 bits per heavy atom. The molecule has 0 radical (unpaired) electrons. The Morgan fingerprint density at radius 3 is 2.48 bits per heavy atom. The van der Waals surface area contributed by atoms with Gasteiger partial charge in [-0.15, -0.1) is 24.0 Å². The number of aliphatic imine (C=N–C) groups is 1. The molecule has 2 N–H and O–H groups in total. The molecule has 3 rings (SSSR count). The van der Waals surface area contributed by atoms with Crippen molar-refractivity contribution in [3.8, 4) is 5.69 Å². The number of halogens is 1. The Morgan fingerprint density at radius 2 is 1.93 bits per heavy atom. The summed E-state index contributed by atoms with van der Waals surface area (Å²) < 4.78 is 1.75. The topological polar surface area (TPSA) is 70.4 Å². The molecule has 2 heterocycles. The molecular formula is C19H30IN7. The summed E-state index contributed by atoms with van der Waals surface area (Å²) in [6.45, 7) is 7.57. The Balaban J connectivity index is 0.00000261. The molecule has 0 aliphatic carbocycles. The van der Waals surface area contributed by atoms with Crippen molar-refractivity contribution in [3.05, 3.63) is 42.5 Å². The van der Waals surface area contributed by atoms with Crippen LogP contribution in [-0.4, -0.2) is 57.8 Å². The number of hydrogen-bond donors (Lipinski definition) is 2. The molecule has 1 fully saturated rings. The second-order valence-electron chi connectivity index (χ2n) is 6.98. The lowest BCUT2D eigenvalue weighted by molar-refractivity contribution is 0.167. The van der Waals surface area contributed by atoms with Gasteiger partial charge in [0.1, 0.15) is 12.7 Å². The molecule has 0 unspecified atom stereocenters. The van der Waals surface area contributed by atoms with Gasteiger partial charge in [-0.1, -0.05) is 12.1 Å². The minimum atomic E-state index is 0. The van der Waals surface area contributed by atoms with Gasteiger partial charge < -0.3 is 15.5 Å². The summed E-state index contributed by atoms with van der Waals surface area (Å²) >= 11 is 0. The summed E-state index contributed by atoms with van der Waals surface area (Å²) in [5.74, 6) is 0.869. The highest BCUT2D eigenvalue weighted by Crippen LogP contribution is 2.13. The van der Waals surface area contributed by atoms with Crippen molar-refractivity contribution in [2.75, 3.05) is 20.1 Å². The van der Waals surface area contributed by atoms with Crippen LogP contribution in [0.2, 0.25) is 0 Å². The molecular weight excluding hydrogens is 453 g/mol. The normalized spacial score (nSPS) is 16.2. The Hall–Kier alpha value is -1.68. The molecule has 7 nitrogen and oxygen atoms in total. The quantitative estimate of drug-likeness (QED) is 0.389. The molecule has 1 aromatic heterocycles. The maximum Gasteiger partial charge on any atom is 0.191 e. The van der Waals surface area contributed by atoms with E-state index in [1.165, 1.54) is 11.9 Å². The molecule has 2 aromatic rings. The van der Waals surface area contributed by atoms with E-state index in [0.29, 0.717) is 12.1 Å². The van der Waals surface area contributed by atoms with E-state index in [-0.39, 0.29) is 24.0 Å². The highest BCUT2D eigenvalue weighted by Gasteiger charge is 2.21. The number of piperidine rings is 1. The number of nitrogens with zero attached hydrogens (tertiary/aromatic N) is 5. The van der Waals surface area contributed by atoms with Crippen LogP contribution in [0.4, 0.5) is 0 Å². The molecule has 0 saturated carbocycles. The molecule has 0 amide bonds. The molecule has 27 heavy (non-hydrogen) atoms. The van der Waals surface area contributed by atoms with Gasteiger partial charge in [0, 0.05) is 38.8 Å². The highest BCUT2D eigenvalue weighted by molar-refractivity contribution is 14.0. The first-order valence-corrected chi connectivity index (χ1v) is 9.31. The van der Waals surface area contributed by atoms with Crippen LogP contribution in [0, 0.1) is 0 Å². The van der Waals surface area contributed by atoms with Crippen LogP contribution in [0.25, 0.3) is 5.69 Å². The molecule has 1 saturated heterocycles. The fourth-order valence-electron chi connectivity index (χ4n) is 3.24. The number of likely N-dealkylation sites (tertiary alicyclic amines) is 1. The second-order valence-corrected chi connectivity index (χ2v) is 6.98. The maximum absolute atomic E-state index is 4.37. The van der Waals surface area contributed by atoms with Gasteiger partial charge in [0.05, 0.1) is 5.69 Å². The van der Waals surface area contributed by atoms with E-state index in [1.807, 2.05) is 19.2 Å². The predicted molar refractivity (Wildman–Crippen MR) is 120 cm³/mol. The molecule has 1 aromatic carbocycles. The van der Waals surface area contributed by atoms with Gasteiger partial charge in [0.2, 0.25) is 0 Å². The number of guanidine groups is 1. The summed E-state index contributed by atoms with van der Waals surface area (Å²) in [4.78, 5) is 10.9. The van der Waals surface area contributed by atoms with Gasteiger partial charge in [0.25, 0.3) is 0 Å². The first-order valence-electron chi connectivity index (χ1n) is 9.31. The first-order chi connectivity index (χ1) is 12.7. The van der Waals surface area contributed by atoms with Gasteiger partial charge >= 0.3 is 0 Å². The minimum Gasteiger partial charge on any atom is -0.354 e. The summed E-state index contributed by atoms with van der Waals surface area (Å²) in [5.41, 5.74) is 2.21. The SMILES string of the molecule is CN=C(NCc1ccc(-n2cncn2)cc1)NC1CCN(C(C)C)CC1.I. The molecule has 0 spiro atoms. The van der Waals surface area contributed by atoms with Crippen LogP contribution in [0.3, 0.4) is 0 Å². The predicted octanol–water partition coefficient (Wildman–Crippen LogP) is 2.42. The van der Waals surface area contributed by atoms with E-state index in [0.717, 1.165) is 44.1 Å². The van der Waals surface area contributed by atoms with Crippen molar-refractivity contribution < 1.29 is 0 Å². The smallest absolute Gasteiger partial charge is 0.191 e. The fraction of sp³-hybridized carbons (Fsp3) is 0.526. The highest BCUT2D eigenvalue weighted by atomic mass is 127. The van der Waals surface area contributed by atoms with E-state index >= 15 is 0 Å². The molecule has 8 heteroatoms. The van der Waals surface area contributed by atoms with Crippen LogP contribution in [0.15, 0.2) is 41.9 Å². The van der Waals surface area contributed by atoms with Gasteiger partial charge in [-0.3, -0.25) is 4.99 Å². The van der Waals surface area contributed by atoms with Gasteiger partial charge in [-0.05, 0) is 44.4 Å². The van der Waals surface area contributed by atoms with Crippen LogP contribution in [-0.2, 0) is 6.54 Å². The molecule has 0 atom stereocenters. The second kappa shape index (κ2) is 10.6. The zero-order valence-electron chi connectivity index (χ0n) is 16.3. The van der Waals surface area contributed by atoms with Gasteiger partial charge in [0.15, 0.2) is 5.96 Å². The average Bonchev–Trinajstić information content (AvgIpc) is 3.20. The summed E-state index contributed by atoms with van der Waals surface area (Å²) in [5, 5.41) is 11.1. The number of hydrogen-bond acceptors (Lipinski definition) is 4. The monoisotopic (exact) mass is 483 g/mol. The molecule has 0 bridgehead atoms. The first kappa shape index (κ1) is 21.6. The molecule has 1 aliphatic rings. The van der Waals surface area contributed by atoms with Crippen molar-refractivity contribution in [1.82, 2.24) is 30.3 Å². The zero-order chi connectivity index (χ0) is 18.4. The fourth-order valence-corrected chi connectivity index (χ4v) is 3.24. The van der Waals surface area contributed by atoms with Crippen LogP contribution >= 0.6 is 24.0 Å². The number of nitrogens with one attached hydrogen (secondary N) is 2. The van der Waals surface area contributed by atoms with Gasteiger partial charge in [-0.2, -0.15) is 5.10 Å². The van der Waals surface area contributed by atoms with E-state index in [4.69, 9.17) is 0 Å². The minimum absolute atomic E-state index is 0. The zero-order valence-corrected chi connectivity index (χ0v) is 18.6. The summed E-state index contributed by atoms with van der Waals surface area (Å²) in [6, 6.07) is 9.41. The largest absolute Gasteiger partial charge is 0.354 e. The van der Waals surface area contributed by atoms with Crippen molar-refractivity contribution in [1.29, 1.82) is 0 Å². The van der Waals surface area contributed by atoms with E-state index in [1.54, 1.807) is 11.0 Å². The van der Waals surface area contributed by atoms with E-state index in [2.05, 4.69) is 56.6 Å². The Labute approximate surface area is 178 Å². The lowest BCUT2D eigenvalue weighted by atomic mass is 10.0. The average molecular weight is 483 g/mol. The van der Waals surface area contributed by atoms with Crippen molar-refractivity contribution >= 4 is 29.9 Å². The molecule has 1 aliphatic heterocycles. The lowest BCUT2D eigenvalue weighted by Gasteiger charge is -2.35. The van der Waals surface area contributed by atoms with Crippen molar-refractivity contribution in [3.63, 3.8) is 0 Å². The third kappa shape index (κ3) is 6.17. The third-order valence-electron chi connectivity index (χ3n) is 4.90. The molecule has 148 valence electrons. The summed E-state index contributed by atoms with van der Waals surface area (Å²) in [6.07, 6.45) is 5.55. The lowest BCUT2D eigenvalue weighted by Crippen LogP contribution is -2.49. The number of aromatic nitrogens is 3. The standard InChI is InChI=1S/C19H29N7.HI/c1-15(2)25-10-8-17(9-11-25)24-19(20-3)22-12-16-4-6-18(7-5-16)26-14-21-13-23-26;/h4-7,13-15,17H,8-12H2,1-3H3,(H2,20,22,24);1H. The summed E-state index contributed by atoms with van der Waals surface area (Å²) in [7, 11) is 1.83.